The monoisotopic (exact) mass is 776 g/mol. The standard InChI is InChI=1S/C51H69NO5/c1-4-7-10-13-16-19-22-34-55-45-37-42(38-46(56-35-23-20-17-14-11-8-5-2)49(45)57-36-24-21-18-15-12-9-6-3)50(53)52-51(54)44-33-31-41-29-28-39-26-25-27-40-30-32-43(44)48(41)47(39)40/h25-33,37-38H,4-24,34-36H2,1-3H3,(H,52,53,54). The maximum absolute atomic E-state index is 14.0. The molecule has 0 radical (unpaired) electrons. The quantitative estimate of drug-likeness (QED) is 0.0297. The number of ether oxygens (including phenoxy) is 3. The van der Waals surface area contributed by atoms with Crippen LogP contribution in [0.5, 0.6) is 17.2 Å². The number of hydrogen-bond acceptors (Lipinski definition) is 5. The van der Waals surface area contributed by atoms with Crippen LogP contribution >= 0.6 is 0 Å². The van der Waals surface area contributed by atoms with Gasteiger partial charge in [-0.15, -0.1) is 0 Å². The highest BCUT2D eigenvalue weighted by Crippen LogP contribution is 2.40. The summed E-state index contributed by atoms with van der Waals surface area (Å²) in [5.41, 5.74) is 0.781. The minimum absolute atomic E-state index is 0.313. The van der Waals surface area contributed by atoms with Crippen molar-refractivity contribution < 1.29 is 23.8 Å². The zero-order valence-electron chi connectivity index (χ0n) is 35.4. The van der Waals surface area contributed by atoms with E-state index in [4.69, 9.17) is 14.2 Å². The Hall–Kier alpha value is -4.32. The largest absolute Gasteiger partial charge is 0.490 e. The Morgan fingerprint density at radius 2 is 0.877 bits per heavy atom. The highest BCUT2D eigenvalue weighted by molar-refractivity contribution is 6.27. The van der Waals surface area contributed by atoms with Crippen LogP contribution in [-0.4, -0.2) is 31.6 Å². The van der Waals surface area contributed by atoms with E-state index in [0.717, 1.165) is 70.8 Å². The number of unbranched alkanes of at least 4 members (excludes halogenated alkanes) is 18. The number of nitrogens with one attached hydrogen (secondary N) is 1. The first-order chi connectivity index (χ1) is 28.0. The average Bonchev–Trinajstić information content (AvgIpc) is 3.23. The molecule has 0 unspecified atom stereocenters. The Morgan fingerprint density at radius 3 is 1.39 bits per heavy atom. The van der Waals surface area contributed by atoms with E-state index < -0.39 is 11.8 Å². The summed E-state index contributed by atoms with van der Waals surface area (Å²) in [5.74, 6) is 0.628. The van der Waals surface area contributed by atoms with Crippen molar-refractivity contribution in [3.63, 3.8) is 0 Å². The van der Waals surface area contributed by atoms with Crippen LogP contribution in [0.2, 0.25) is 0 Å². The normalized spacial score (nSPS) is 11.5. The summed E-state index contributed by atoms with van der Waals surface area (Å²) in [4.78, 5) is 28.0. The molecule has 1 N–H and O–H groups in total. The Bertz CT molecular complexity index is 1890. The molecule has 0 atom stereocenters. The summed E-state index contributed by atoms with van der Waals surface area (Å²) < 4.78 is 19.4. The summed E-state index contributed by atoms with van der Waals surface area (Å²) >= 11 is 0. The van der Waals surface area contributed by atoms with Gasteiger partial charge in [-0.05, 0) is 69.8 Å². The molecule has 0 heterocycles. The fourth-order valence-electron chi connectivity index (χ4n) is 7.96. The number of benzene rings is 5. The van der Waals surface area contributed by atoms with Crippen molar-refractivity contribution >= 4 is 44.1 Å². The Balaban J connectivity index is 1.35. The fraction of sp³-hybridized carbons (Fsp3) is 0.529. The van der Waals surface area contributed by atoms with Crippen molar-refractivity contribution in [1.82, 2.24) is 5.32 Å². The van der Waals surface area contributed by atoms with Gasteiger partial charge in [0.25, 0.3) is 11.8 Å². The van der Waals surface area contributed by atoms with Crippen LogP contribution in [0.3, 0.4) is 0 Å². The van der Waals surface area contributed by atoms with Crippen molar-refractivity contribution in [2.75, 3.05) is 19.8 Å². The van der Waals surface area contributed by atoms with E-state index in [1.807, 2.05) is 18.2 Å². The van der Waals surface area contributed by atoms with Gasteiger partial charge >= 0.3 is 0 Å². The second-order valence-corrected chi connectivity index (χ2v) is 16.0. The number of imide groups is 1. The van der Waals surface area contributed by atoms with Gasteiger partial charge in [-0.1, -0.05) is 185 Å². The SMILES string of the molecule is CCCCCCCCCOc1cc(C(=O)NC(=O)c2ccc3ccc4cccc5ccc2c3c45)cc(OCCCCCCCCC)c1OCCCCCCCCC. The Morgan fingerprint density at radius 1 is 0.456 bits per heavy atom. The summed E-state index contributed by atoms with van der Waals surface area (Å²) in [6, 6.07) is 21.8. The average molecular weight is 776 g/mol. The molecule has 6 nitrogen and oxygen atoms in total. The molecule has 0 saturated heterocycles. The van der Waals surface area contributed by atoms with Gasteiger partial charge in [-0.3, -0.25) is 14.9 Å². The zero-order chi connectivity index (χ0) is 40.1. The molecule has 0 fully saturated rings. The predicted molar refractivity (Wildman–Crippen MR) is 239 cm³/mol. The molecule has 5 rings (SSSR count). The first-order valence-electron chi connectivity index (χ1n) is 22.6. The molecule has 57 heavy (non-hydrogen) atoms. The highest BCUT2D eigenvalue weighted by atomic mass is 16.5. The van der Waals surface area contributed by atoms with E-state index in [0.29, 0.717) is 48.2 Å². The van der Waals surface area contributed by atoms with Crippen LogP contribution in [0.4, 0.5) is 0 Å². The third kappa shape index (κ3) is 13.1. The molecular weight excluding hydrogens is 707 g/mol. The van der Waals surface area contributed by atoms with Gasteiger partial charge in [0, 0.05) is 11.1 Å². The van der Waals surface area contributed by atoms with Crippen molar-refractivity contribution in [3.8, 4) is 17.2 Å². The topological polar surface area (TPSA) is 73.9 Å². The molecule has 5 aromatic carbocycles. The molecule has 0 aliphatic rings. The molecule has 0 saturated carbocycles. The zero-order valence-corrected chi connectivity index (χ0v) is 35.4. The van der Waals surface area contributed by atoms with Crippen LogP contribution in [-0.2, 0) is 0 Å². The van der Waals surface area contributed by atoms with Crippen LogP contribution < -0.4 is 19.5 Å². The van der Waals surface area contributed by atoms with Crippen molar-refractivity contribution in [1.29, 1.82) is 0 Å². The lowest BCUT2D eigenvalue weighted by Crippen LogP contribution is -2.30. The van der Waals surface area contributed by atoms with E-state index in [2.05, 4.69) is 62.5 Å². The maximum atomic E-state index is 14.0. The number of rotatable bonds is 29. The first-order valence-corrected chi connectivity index (χ1v) is 22.6. The van der Waals surface area contributed by atoms with E-state index in [1.54, 1.807) is 12.1 Å². The Labute approximate surface area is 342 Å². The van der Waals surface area contributed by atoms with Gasteiger partial charge < -0.3 is 14.2 Å². The molecule has 0 spiro atoms. The minimum atomic E-state index is -0.495. The van der Waals surface area contributed by atoms with E-state index in [-0.39, 0.29) is 0 Å². The molecular formula is C51H69NO5. The summed E-state index contributed by atoms with van der Waals surface area (Å²) in [6.07, 6.45) is 24.8. The third-order valence-electron chi connectivity index (χ3n) is 11.3. The van der Waals surface area contributed by atoms with Gasteiger partial charge in [-0.25, -0.2) is 0 Å². The van der Waals surface area contributed by atoms with Crippen molar-refractivity contribution in [3.05, 3.63) is 77.9 Å². The highest BCUT2D eigenvalue weighted by Gasteiger charge is 2.22. The number of amides is 2. The van der Waals surface area contributed by atoms with Gasteiger partial charge in [0.05, 0.1) is 19.8 Å². The smallest absolute Gasteiger partial charge is 0.258 e. The molecule has 308 valence electrons. The molecule has 5 aromatic rings. The lowest BCUT2D eigenvalue weighted by atomic mass is 9.92. The number of carbonyl (C=O) groups excluding carboxylic acids is 2. The van der Waals surface area contributed by atoms with Gasteiger partial charge in [-0.2, -0.15) is 0 Å². The lowest BCUT2D eigenvalue weighted by molar-refractivity contribution is 0.0849. The van der Waals surface area contributed by atoms with Crippen LogP contribution in [0.25, 0.3) is 32.3 Å². The Kier molecular flexibility index (Phi) is 18.8. The second-order valence-electron chi connectivity index (χ2n) is 16.0. The van der Waals surface area contributed by atoms with Crippen molar-refractivity contribution in [2.45, 2.75) is 156 Å². The van der Waals surface area contributed by atoms with Gasteiger partial charge in [0.15, 0.2) is 11.5 Å². The molecule has 0 aromatic heterocycles. The minimum Gasteiger partial charge on any atom is -0.490 e. The fourth-order valence-corrected chi connectivity index (χ4v) is 7.96. The maximum Gasteiger partial charge on any atom is 0.258 e. The number of hydrogen-bond donors (Lipinski definition) is 1. The summed E-state index contributed by atoms with van der Waals surface area (Å²) in [6.45, 7) is 8.32. The summed E-state index contributed by atoms with van der Waals surface area (Å²) in [5, 5.41) is 9.03. The van der Waals surface area contributed by atoms with Crippen LogP contribution in [0, 0.1) is 0 Å². The van der Waals surface area contributed by atoms with E-state index in [1.165, 1.54) is 96.3 Å². The van der Waals surface area contributed by atoms with Gasteiger partial charge in [0.1, 0.15) is 0 Å². The third-order valence-corrected chi connectivity index (χ3v) is 11.3. The molecule has 0 bridgehead atoms. The van der Waals surface area contributed by atoms with Crippen LogP contribution in [0.1, 0.15) is 176 Å². The molecule has 6 heteroatoms. The molecule has 0 aliphatic heterocycles. The first kappa shape index (κ1) is 43.8. The second kappa shape index (κ2) is 24.5. The predicted octanol–water partition coefficient (Wildman–Crippen LogP) is 14.5. The number of carbonyl (C=O) groups is 2. The summed E-state index contributed by atoms with van der Waals surface area (Å²) in [7, 11) is 0. The van der Waals surface area contributed by atoms with E-state index >= 15 is 0 Å². The molecule has 2 amide bonds. The van der Waals surface area contributed by atoms with Crippen molar-refractivity contribution in [2.24, 2.45) is 0 Å². The van der Waals surface area contributed by atoms with Crippen LogP contribution in [0.15, 0.2) is 66.7 Å². The molecule has 0 aliphatic carbocycles. The van der Waals surface area contributed by atoms with E-state index in [9.17, 15) is 9.59 Å². The van der Waals surface area contributed by atoms with Gasteiger partial charge in [0.2, 0.25) is 5.75 Å². The lowest BCUT2D eigenvalue weighted by Gasteiger charge is -2.19.